The Morgan fingerprint density at radius 2 is 1.71 bits per heavy atom. The van der Waals surface area contributed by atoms with Crippen molar-refractivity contribution in [2.24, 2.45) is 0 Å². The summed E-state index contributed by atoms with van der Waals surface area (Å²) in [5, 5.41) is 18.0. The smallest absolute Gasteiger partial charge is 0.143 e. The average molecular weight is 321 g/mol. The van der Waals surface area contributed by atoms with Gasteiger partial charge in [-0.3, -0.25) is 0 Å². The van der Waals surface area contributed by atoms with E-state index in [2.05, 4.69) is 11.0 Å². The second-order valence-electron chi connectivity index (χ2n) is 5.97. The lowest BCUT2D eigenvalue weighted by atomic mass is 10.1. The molecule has 0 bridgehead atoms. The second-order valence-corrected chi connectivity index (χ2v) is 5.97. The van der Waals surface area contributed by atoms with Gasteiger partial charge in [0.15, 0.2) is 0 Å². The third kappa shape index (κ3) is 3.37. The summed E-state index contributed by atoms with van der Waals surface area (Å²) in [6.45, 7) is 4.37. The first-order valence-corrected chi connectivity index (χ1v) is 7.97. The van der Waals surface area contributed by atoms with Crippen LogP contribution in [-0.2, 0) is 6.54 Å². The van der Waals surface area contributed by atoms with Crippen molar-refractivity contribution in [3.63, 3.8) is 0 Å². The van der Waals surface area contributed by atoms with E-state index in [0.29, 0.717) is 11.3 Å². The van der Waals surface area contributed by atoms with E-state index in [1.807, 2.05) is 36.4 Å². The van der Waals surface area contributed by atoms with Gasteiger partial charge in [0.05, 0.1) is 43.5 Å². The number of nitrogens with one attached hydrogen (secondary N) is 1. The van der Waals surface area contributed by atoms with Crippen LogP contribution in [0.5, 0.6) is 0 Å². The zero-order chi connectivity index (χ0) is 16.9. The lowest BCUT2D eigenvalue weighted by molar-refractivity contribution is -0.914. The Labute approximate surface area is 141 Å². The molecule has 0 amide bonds. The van der Waals surface area contributed by atoms with Crippen LogP contribution in [-0.4, -0.2) is 26.2 Å². The van der Waals surface area contributed by atoms with Gasteiger partial charge in [0.25, 0.3) is 0 Å². The van der Waals surface area contributed by atoms with E-state index in [0.717, 1.165) is 32.7 Å². The van der Waals surface area contributed by atoms with Crippen molar-refractivity contribution < 1.29 is 9.29 Å². The van der Waals surface area contributed by atoms with Crippen molar-refractivity contribution in [1.29, 1.82) is 10.5 Å². The zero-order valence-corrected chi connectivity index (χ0v) is 13.3. The summed E-state index contributed by atoms with van der Waals surface area (Å²) < 4.78 is 13.8. The zero-order valence-electron chi connectivity index (χ0n) is 13.3. The number of hydrogen-bond donors (Lipinski definition) is 1. The first kappa shape index (κ1) is 16.0. The molecule has 5 heteroatoms. The van der Waals surface area contributed by atoms with Crippen molar-refractivity contribution in [2.75, 3.05) is 31.1 Å². The molecular formula is C19H18FN4+. The van der Waals surface area contributed by atoms with E-state index in [4.69, 9.17) is 5.26 Å². The van der Waals surface area contributed by atoms with E-state index in [1.54, 1.807) is 6.07 Å². The summed E-state index contributed by atoms with van der Waals surface area (Å²) in [6.07, 6.45) is 0. The molecule has 120 valence electrons. The number of anilines is 1. The second kappa shape index (κ2) is 7.12. The molecule has 0 saturated carbocycles. The summed E-state index contributed by atoms with van der Waals surface area (Å²) in [7, 11) is 0. The largest absolute Gasteiger partial charge is 0.359 e. The van der Waals surface area contributed by atoms with Crippen molar-refractivity contribution in [3.05, 3.63) is 65.0 Å². The SMILES string of the molecule is N#Cc1ccc(C[NH+]2CCN(c3cccc(F)c3C#N)CC2)cc1. The molecule has 0 atom stereocenters. The van der Waals surface area contributed by atoms with Crippen LogP contribution >= 0.6 is 0 Å². The number of benzene rings is 2. The molecule has 1 aliphatic rings. The summed E-state index contributed by atoms with van der Waals surface area (Å²) in [5.41, 5.74) is 2.71. The maximum absolute atomic E-state index is 13.8. The molecule has 2 aromatic rings. The third-order valence-corrected chi connectivity index (χ3v) is 4.45. The number of halogens is 1. The first-order valence-electron chi connectivity index (χ1n) is 7.97. The van der Waals surface area contributed by atoms with Gasteiger partial charge in [-0.2, -0.15) is 10.5 Å². The molecule has 1 fully saturated rings. The molecule has 24 heavy (non-hydrogen) atoms. The number of rotatable bonds is 3. The molecule has 0 aliphatic carbocycles. The molecule has 4 nitrogen and oxygen atoms in total. The van der Waals surface area contributed by atoms with Crippen LogP contribution in [0.1, 0.15) is 16.7 Å². The van der Waals surface area contributed by atoms with Crippen LogP contribution in [0.2, 0.25) is 0 Å². The van der Waals surface area contributed by atoms with Gasteiger partial charge in [-0.15, -0.1) is 0 Å². The van der Waals surface area contributed by atoms with Gasteiger partial charge in [-0.1, -0.05) is 18.2 Å². The van der Waals surface area contributed by atoms with E-state index in [-0.39, 0.29) is 5.56 Å². The highest BCUT2D eigenvalue weighted by atomic mass is 19.1. The minimum atomic E-state index is -0.456. The van der Waals surface area contributed by atoms with Crippen LogP contribution in [0.15, 0.2) is 42.5 Å². The van der Waals surface area contributed by atoms with Crippen LogP contribution in [0, 0.1) is 28.5 Å². The maximum Gasteiger partial charge on any atom is 0.143 e. The van der Waals surface area contributed by atoms with Gasteiger partial charge in [-0.25, -0.2) is 4.39 Å². The highest BCUT2D eigenvalue weighted by molar-refractivity contribution is 5.60. The highest BCUT2D eigenvalue weighted by Crippen LogP contribution is 2.22. The monoisotopic (exact) mass is 321 g/mol. The molecule has 0 radical (unpaired) electrons. The highest BCUT2D eigenvalue weighted by Gasteiger charge is 2.23. The number of piperazine rings is 1. The predicted molar refractivity (Wildman–Crippen MR) is 88.9 cm³/mol. The maximum atomic E-state index is 13.8. The average Bonchev–Trinajstić information content (AvgIpc) is 2.63. The van der Waals surface area contributed by atoms with Crippen LogP contribution in [0.25, 0.3) is 0 Å². The number of hydrogen-bond acceptors (Lipinski definition) is 3. The molecule has 1 heterocycles. The Hall–Kier alpha value is -2.89. The van der Waals surface area contributed by atoms with Crippen LogP contribution < -0.4 is 9.80 Å². The van der Waals surface area contributed by atoms with Crippen molar-refractivity contribution in [3.8, 4) is 12.1 Å². The Bertz CT molecular complexity index is 794. The Morgan fingerprint density at radius 1 is 1.00 bits per heavy atom. The predicted octanol–water partition coefficient (Wildman–Crippen LogP) is 1.47. The quantitative estimate of drug-likeness (QED) is 0.931. The van der Waals surface area contributed by atoms with E-state index in [9.17, 15) is 9.65 Å². The van der Waals surface area contributed by atoms with Gasteiger partial charge >= 0.3 is 0 Å². The molecule has 0 unspecified atom stereocenters. The molecule has 1 N–H and O–H groups in total. The first-order chi connectivity index (χ1) is 11.7. The standard InChI is InChI=1S/C19H17FN4/c20-18-2-1-3-19(17(18)13-22)24-10-8-23(9-11-24)14-16-6-4-15(12-21)5-7-16/h1-7H,8-11,14H2/p+1. The number of nitriles is 2. The fraction of sp³-hybridized carbons (Fsp3) is 0.263. The Morgan fingerprint density at radius 3 is 2.33 bits per heavy atom. The van der Waals surface area contributed by atoms with Crippen molar-refractivity contribution in [2.45, 2.75) is 6.54 Å². The summed E-state index contributed by atoms with van der Waals surface area (Å²) in [5.74, 6) is -0.456. The normalized spacial score (nSPS) is 14.9. The molecule has 1 aliphatic heterocycles. The lowest BCUT2D eigenvalue weighted by Crippen LogP contribution is -3.13. The van der Waals surface area contributed by atoms with Gasteiger partial charge < -0.3 is 9.80 Å². The summed E-state index contributed by atoms with van der Waals surface area (Å²) in [4.78, 5) is 3.54. The Balaban J connectivity index is 1.63. The fourth-order valence-corrected chi connectivity index (χ4v) is 3.11. The summed E-state index contributed by atoms with van der Waals surface area (Å²) in [6, 6.07) is 16.6. The Kier molecular flexibility index (Phi) is 4.74. The topological polar surface area (TPSA) is 55.3 Å². The molecule has 0 spiro atoms. The minimum absolute atomic E-state index is 0.132. The van der Waals surface area contributed by atoms with Crippen LogP contribution in [0.3, 0.4) is 0 Å². The van der Waals surface area contributed by atoms with Gasteiger partial charge in [0.1, 0.15) is 24.0 Å². The molecule has 3 rings (SSSR count). The van der Waals surface area contributed by atoms with Gasteiger partial charge in [0.2, 0.25) is 0 Å². The molecule has 1 saturated heterocycles. The van der Waals surface area contributed by atoms with E-state index >= 15 is 0 Å². The lowest BCUT2D eigenvalue weighted by Gasteiger charge is -2.34. The number of nitrogens with zero attached hydrogens (tertiary/aromatic N) is 3. The van der Waals surface area contributed by atoms with Crippen molar-refractivity contribution in [1.82, 2.24) is 0 Å². The molecular weight excluding hydrogens is 303 g/mol. The van der Waals surface area contributed by atoms with Gasteiger partial charge in [0, 0.05) is 5.56 Å². The third-order valence-electron chi connectivity index (χ3n) is 4.45. The molecule has 2 aromatic carbocycles. The molecule has 0 aromatic heterocycles. The number of quaternary nitrogens is 1. The summed E-state index contributed by atoms with van der Waals surface area (Å²) >= 11 is 0. The fourth-order valence-electron chi connectivity index (χ4n) is 3.11. The minimum Gasteiger partial charge on any atom is -0.359 e. The van der Waals surface area contributed by atoms with Gasteiger partial charge in [-0.05, 0) is 24.3 Å². The van der Waals surface area contributed by atoms with E-state index < -0.39 is 5.82 Å². The van der Waals surface area contributed by atoms with Crippen LogP contribution in [0.4, 0.5) is 10.1 Å². The van der Waals surface area contributed by atoms with E-state index in [1.165, 1.54) is 16.5 Å². The van der Waals surface area contributed by atoms with Crippen molar-refractivity contribution >= 4 is 5.69 Å².